The molecule has 1 atom stereocenters. The fourth-order valence-corrected chi connectivity index (χ4v) is 2.72. The lowest BCUT2D eigenvalue weighted by atomic mass is 9.92. The minimum Gasteiger partial charge on any atom is -0.489 e. The summed E-state index contributed by atoms with van der Waals surface area (Å²) in [6.45, 7) is 7.83. The highest BCUT2D eigenvalue weighted by atomic mass is 16.5. The van der Waals surface area contributed by atoms with Crippen LogP contribution in [0.25, 0.3) is 0 Å². The first-order valence-electron chi connectivity index (χ1n) is 7.46. The first-order chi connectivity index (χ1) is 9.47. The topological polar surface area (TPSA) is 58.7 Å². The van der Waals surface area contributed by atoms with Gasteiger partial charge in [-0.3, -0.25) is 0 Å². The summed E-state index contributed by atoms with van der Waals surface area (Å²) in [4.78, 5) is 2.34. The number of aliphatic hydroxyl groups excluding tert-OH is 1. The third kappa shape index (κ3) is 3.57. The first kappa shape index (κ1) is 15.0. The Morgan fingerprint density at radius 1 is 1.25 bits per heavy atom. The molecule has 0 saturated carbocycles. The number of ether oxygens (including phenoxy) is 1. The molecule has 4 heteroatoms. The molecule has 1 unspecified atom stereocenters. The Kier molecular flexibility index (Phi) is 4.76. The summed E-state index contributed by atoms with van der Waals surface area (Å²) < 4.78 is 5.74. The highest BCUT2D eigenvalue weighted by molar-refractivity contribution is 5.62. The maximum Gasteiger partial charge on any atom is 0.144 e. The molecule has 112 valence electrons. The summed E-state index contributed by atoms with van der Waals surface area (Å²) in [5, 5.41) is 9.66. The summed E-state index contributed by atoms with van der Waals surface area (Å²) in [5.74, 6) is 1.18. The van der Waals surface area contributed by atoms with Crippen molar-refractivity contribution in [1.29, 1.82) is 0 Å². The number of hydrogen-bond acceptors (Lipinski definition) is 4. The summed E-state index contributed by atoms with van der Waals surface area (Å²) in [5.41, 5.74) is 7.79. The van der Waals surface area contributed by atoms with Crippen LogP contribution in [0.5, 0.6) is 5.75 Å². The molecule has 1 saturated heterocycles. The Morgan fingerprint density at radius 2 is 1.90 bits per heavy atom. The number of benzene rings is 1. The summed E-state index contributed by atoms with van der Waals surface area (Å²) >= 11 is 0. The zero-order chi connectivity index (χ0) is 14.7. The third-order valence-electron chi connectivity index (χ3n) is 3.95. The van der Waals surface area contributed by atoms with Crippen molar-refractivity contribution in [2.75, 3.05) is 23.7 Å². The Bertz CT molecular complexity index is 438. The van der Waals surface area contributed by atoms with E-state index >= 15 is 0 Å². The van der Waals surface area contributed by atoms with Gasteiger partial charge in [0.25, 0.3) is 0 Å². The largest absolute Gasteiger partial charge is 0.489 e. The van der Waals surface area contributed by atoms with E-state index in [4.69, 9.17) is 10.5 Å². The number of nitrogen functional groups attached to an aromatic ring is 1. The number of rotatable bonds is 4. The van der Waals surface area contributed by atoms with Crippen LogP contribution in [-0.2, 0) is 0 Å². The number of piperidine rings is 1. The second kappa shape index (κ2) is 6.35. The molecule has 20 heavy (non-hydrogen) atoms. The maximum absolute atomic E-state index is 9.66. The molecule has 1 aliphatic rings. The Morgan fingerprint density at radius 3 is 2.45 bits per heavy atom. The molecule has 1 heterocycles. The van der Waals surface area contributed by atoms with E-state index in [0.29, 0.717) is 11.6 Å². The molecule has 3 N–H and O–H groups in total. The first-order valence-corrected chi connectivity index (χ1v) is 7.46. The van der Waals surface area contributed by atoms with Crippen LogP contribution < -0.4 is 15.4 Å². The molecule has 0 radical (unpaired) electrons. The highest BCUT2D eigenvalue weighted by Crippen LogP contribution is 2.31. The van der Waals surface area contributed by atoms with Gasteiger partial charge < -0.3 is 20.5 Å². The summed E-state index contributed by atoms with van der Waals surface area (Å²) in [6.07, 6.45) is 1.97. The second-order valence-corrected chi connectivity index (χ2v) is 5.95. The van der Waals surface area contributed by atoms with E-state index in [9.17, 15) is 5.11 Å². The SMILES string of the molecule is CC(C)Oc1cc(N2CCC(C(C)O)CC2)ccc1N. The quantitative estimate of drug-likeness (QED) is 0.831. The molecule has 0 spiro atoms. The molecular weight excluding hydrogens is 252 g/mol. The zero-order valence-corrected chi connectivity index (χ0v) is 12.7. The number of aliphatic hydroxyl groups is 1. The average Bonchev–Trinajstić information content (AvgIpc) is 2.41. The highest BCUT2D eigenvalue weighted by Gasteiger charge is 2.23. The normalized spacial score (nSPS) is 18.4. The van der Waals surface area contributed by atoms with Crippen molar-refractivity contribution >= 4 is 11.4 Å². The Balaban J connectivity index is 2.06. The van der Waals surface area contributed by atoms with E-state index in [1.165, 1.54) is 0 Å². The Hall–Kier alpha value is -1.42. The molecule has 1 fully saturated rings. The molecule has 1 aromatic carbocycles. The van der Waals surface area contributed by atoms with Crippen LogP contribution in [0.15, 0.2) is 18.2 Å². The maximum atomic E-state index is 9.66. The fraction of sp³-hybridized carbons (Fsp3) is 0.625. The van der Waals surface area contributed by atoms with Crippen LogP contribution in [0.1, 0.15) is 33.6 Å². The predicted octanol–water partition coefficient (Wildman–Crippen LogP) is 2.65. The fourth-order valence-electron chi connectivity index (χ4n) is 2.72. The van der Waals surface area contributed by atoms with Crippen LogP contribution in [0.4, 0.5) is 11.4 Å². The summed E-state index contributed by atoms with van der Waals surface area (Å²) in [7, 11) is 0. The van der Waals surface area contributed by atoms with E-state index in [2.05, 4.69) is 4.90 Å². The molecular formula is C16H26N2O2. The van der Waals surface area contributed by atoms with Gasteiger partial charge in [-0.2, -0.15) is 0 Å². The molecule has 4 nitrogen and oxygen atoms in total. The van der Waals surface area contributed by atoms with Gasteiger partial charge in [0.15, 0.2) is 0 Å². The van der Waals surface area contributed by atoms with Crippen molar-refractivity contribution < 1.29 is 9.84 Å². The van der Waals surface area contributed by atoms with Crippen molar-refractivity contribution in [3.63, 3.8) is 0 Å². The lowest BCUT2D eigenvalue weighted by Crippen LogP contribution is -2.37. The van der Waals surface area contributed by atoms with Gasteiger partial charge in [-0.1, -0.05) is 0 Å². The lowest BCUT2D eigenvalue weighted by molar-refractivity contribution is 0.110. The molecule has 0 bridgehead atoms. The number of nitrogens with zero attached hydrogens (tertiary/aromatic N) is 1. The van der Waals surface area contributed by atoms with Crippen LogP contribution in [0.3, 0.4) is 0 Å². The van der Waals surface area contributed by atoms with Gasteiger partial charge in [0.05, 0.1) is 17.9 Å². The van der Waals surface area contributed by atoms with E-state index < -0.39 is 0 Å². The van der Waals surface area contributed by atoms with E-state index in [0.717, 1.165) is 37.4 Å². The van der Waals surface area contributed by atoms with Crippen LogP contribution >= 0.6 is 0 Å². The van der Waals surface area contributed by atoms with E-state index in [1.807, 2.05) is 39.0 Å². The summed E-state index contributed by atoms with van der Waals surface area (Å²) in [6, 6.07) is 5.98. The van der Waals surface area contributed by atoms with Crippen molar-refractivity contribution in [2.24, 2.45) is 5.92 Å². The molecule has 2 rings (SSSR count). The number of nitrogens with two attached hydrogens (primary N) is 1. The minimum atomic E-state index is -0.205. The van der Waals surface area contributed by atoms with E-state index in [-0.39, 0.29) is 12.2 Å². The average molecular weight is 278 g/mol. The predicted molar refractivity (Wildman–Crippen MR) is 83.2 cm³/mol. The molecule has 0 aromatic heterocycles. The van der Waals surface area contributed by atoms with Gasteiger partial charge in [-0.05, 0) is 51.7 Å². The minimum absolute atomic E-state index is 0.119. The van der Waals surface area contributed by atoms with Crippen molar-refractivity contribution in [3.8, 4) is 5.75 Å². The van der Waals surface area contributed by atoms with Crippen molar-refractivity contribution in [3.05, 3.63) is 18.2 Å². The van der Waals surface area contributed by atoms with Gasteiger partial charge in [0.1, 0.15) is 5.75 Å². The van der Waals surface area contributed by atoms with Gasteiger partial charge in [0, 0.05) is 24.8 Å². The van der Waals surface area contributed by atoms with E-state index in [1.54, 1.807) is 0 Å². The molecule has 0 amide bonds. The van der Waals surface area contributed by atoms with Crippen LogP contribution in [-0.4, -0.2) is 30.4 Å². The third-order valence-corrected chi connectivity index (χ3v) is 3.95. The molecule has 0 aliphatic carbocycles. The van der Waals surface area contributed by atoms with Gasteiger partial charge in [-0.25, -0.2) is 0 Å². The number of anilines is 2. The monoisotopic (exact) mass is 278 g/mol. The zero-order valence-electron chi connectivity index (χ0n) is 12.7. The van der Waals surface area contributed by atoms with Crippen LogP contribution in [0.2, 0.25) is 0 Å². The van der Waals surface area contributed by atoms with Gasteiger partial charge >= 0.3 is 0 Å². The van der Waals surface area contributed by atoms with Gasteiger partial charge in [0.2, 0.25) is 0 Å². The standard InChI is InChI=1S/C16H26N2O2/c1-11(2)20-16-10-14(4-5-15(16)17)18-8-6-13(7-9-18)12(3)19/h4-5,10-13,19H,6-9,17H2,1-3H3. The van der Waals surface area contributed by atoms with Crippen LogP contribution in [0, 0.1) is 5.92 Å². The van der Waals surface area contributed by atoms with Crippen molar-refractivity contribution in [2.45, 2.75) is 45.8 Å². The van der Waals surface area contributed by atoms with Crippen molar-refractivity contribution in [1.82, 2.24) is 0 Å². The second-order valence-electron chi connectivity index (χ2n) is 5.95. The number of hydrogen-bond donors (Lipinski definition) is 2. The molecule has 1 aromatic rings. The lowest BCUT2D eigenvalue weighted by Gasteiger charge is -2.35. The van der Waals surface area contributed by atoms with Gasteiger partial charge in [-0.15, -0.1) is 0 Å². The smallest absolute Gasteiger partial charge is 0.144 e. The Labute approximate surface area is 121 Å². The molecule has 1 aliphatic heterocycles.